The molecule has 0 unspecified atom stereocenters. The lowest BCUT2D eigenvalue weighted by Gasteiger charge is -2.26. The normalized spacial score (nSPS) is 11.2. The van der Waals surface area contributed by atoms with Crippen LogP contribution in [0, 0.1) is 0 Å². The molecule has 0 fully saturated rings. The molecule has 6 nitrogen and oxygen atoms in total. The van der Waals surface area contributed by atoms with Gasteiger partial charge >= 0.3 is 0 Å². The maximum Gasteiger partial charge on any atom is 0.140 e. The summed E-state index contributed by atoms with van der Waals surface area (Å²) < 4.78 is 3.43. The van der Waals surface area contributed by atoms with Crippen molar-refractivity contribution in [1.29, 1.82) is 0 Å². The summed E-state index contributed by atoms with van der Waals surface area (Å²) in [5, 5.41) is 18.5. The molecule has 292 valence electrons. The molecule has 1 N–H and O–H groups in total. The van der Waals surface area contributed by atoms with Crippen molar-refractivity contribution in [3.8, 4) is 0 Å². The summed E-state index contributed by atoms with van der Waals surface area (Å²) in [5.41, 5.74) is 3.19. The highest BCUT2D eigenvalue weighted by molar-refractivity contribution is 9.11. The van der Waals surface area contributed by atoms with Crippen molar-refractivity contribution < 1.29 is 0 Å². The lowest BCUT2D eigenvalue weighted by Crippen LogP contribution is -2.12. The number of nitrogens with one attached hydrogen (secondary N) is 1. The summed E-state index contributed by atoms with van der Waals surface area (Å²) in [6, 6.07) is 58.9. The average molecular weight is 982 g/mol. The molecule has 10 aromatic carbocycles. The molecule has 0 bridgehead atoms. The average Bonchev–Trinajstić information content (AvgIpc) is 3.31. The Morgan fingerprint density at radius 2 is 0.836 bits per heavy atom. The molecule has 61 heavy (non-hydrogen) atoms. The van der Waals surface area contributed by atoms with Gasteiger partial charge in [-0.2, -0.15) is 0 Å². The summed E-state index contributed by atoms with van der Waals surface area (Å²) in [5.74, 6) is 1.65. The molecule has 0 spiro atoms. The number of rotatable bonds is 5. The lowest BCUT2D eigenvalue weighted by molar-refractivity contribution is 1.11. The van der Waals surface area contributed by atoms with E-state index in [1.165, 1.54) is 71.0 Å². The zero-order chi connectivity index (χ0) is 41.3. The minimum atomic E-state index is 0.807. The quantitative estimate of drug-likeness (QED) is 0.173. The Balaban J connectivity index is 0.000000121. The maximum absolute atomic E-state index is 4.56. The van der Waals surface area contributed by atoms with Crippen LogP contribution in [0.4, 0.5) is 28.7 Å². The van der Waals surface area contributed by atoms with Crippen molar-refractivity contribution in [3.05, 3.63) is 208 Å². The Kier molecular flexibility index (Phi) is 10.7. The van der Waals surface area contributed by atoms with Gasteiger partial charge in [-0.25, -0.2) is 19.9 Å². The molecule has 0 atom stereocenters. The summed E-state index contributed by atoms with van der Waals surface area (Å²) >= 11 is 11.0. The Bertz CT molecular complexity index is 3280. The van der Waals surface area contributed by atoms with Crippen molar-refractivity contribution in [2.45, 2.75) is 0 Å². The van der Waals surface area contributed by atoms with Crippen LogP contribution < -0.4 is 10.2 Å². The van der Waals surface area contributed by atoms with E-state index < -0.39 is 0 Å². The Hall–Kier alpha value is -6.52. The van der Waals surface area contributed by atoms with Crippen molar-refractivity contribution in [2.24, 2.45) is 0 Å². The van der Waals surface area contributed by atoms with Gasteiger partial charge in [-0.1, -0.05) is 157 Å². The van der Waals surface area contributed by atoms with Gasteiger partial charge < -0.3 is 5.32 Å². The van der Waals surface area contributed by atoms with Gasteiger partial charge in [0.15, 0.2) is 0 Å². The number of hydrogen-bond donors (Lipinski definition) is 1. The second-order valence-electron chi connectivity index (χ2n) is 14.4. The maximum atomic E-state index is 4.56. The third-order valence-corrected chi connectivity index (χ3v) is 12.9. The third-order valence-electron chi connectivity index (χ3n) is 10.8. The van der Waals surface area contributed by atoms with Gasteiger partial charge in [-0.3, -0.25) is 4.90 Å². The smallest absolute Gasteiger partial charge is 0.140 e. The van der Waals surface area contributed by atoms with Crippen LogP contribution in [0.25, 0.3) is 64.6 Å². The van der Waals surface area contributed by atoms with E-state index in [0.717, 1.165) is 42.1 Å². The molecule has 0 saturated carbocycles. The van der Waals surface area contributed by atoms with Crippen molar-refractivity contribution in [1.82, 2.24) is 19.9 Å². The Morgan fingerprint density at radius 1 is 0.393 bits per heavy atom. The molecule has 2 aromatic heterocycles. The highest BCUT2D eigenvalue weighted by Gasteiger charge is 2.19. The molecule has 0 amide bonds. The molecular weight excluding hydrogens is 948 g/mol. The number of nitrogens with zero attached hydrogens (tertiary/aromatic N) is 5. The number of hydrogen-bond acceptors (Lipinski definition) is 6. The second kappa shape index (κ2) is 16.9. The van der Waals surface area contributed by atoms with Crippen molar-refractivity contribution in [3.63, 3.8) is 0 Å². The fourth-order valence-corrected chi connectivity index (χ4v) is 9.48. The molecular formula is C52H33Br3N6. The van der Waals surface area contributed by atoms with Gasteiger partial charge in [0.05, 0.1) is 5.69 Å². The summed E-state index contributed by atoms with van der Waals surface area (Å²) in [6.45, 7) is 0. The van der Waals surface area contributed by atoms with Crippen LogP contribution in [0.3, 0.4) is 0 Å². The van der Waals surface area contributed by atoms with E-state index in [1.54, 1.807) is 18.7 Å². The van der Waals surface area contributed by atoms with E-state index in [1.807, 2.05) is 48.5 Å². The zero-order valence-electron chi connectivity index (χ0n) is 32.3. The number of halogens is 3. The molecule has 0 aliphatic carbocycles. The first-order chi connectivity index (χ1) is 30.0. The van der Waals surface area contributed by atoms with Gasteiger partial charge in [0.25, 0.3) is 0 Å². The van der Waals surface area contributed by atoms with E-state index in [9.17, 15) is 0 Å². The highest BCUT2D eigenvalue weighted by atomic mass is 79.9. The number of anilines is 5. The minimum Gasteiger partial charge on any atom is -0.340 e. The third kappa shape index (κ3) is 7.50. The van der Waals surface area contributed by atoms with Crippen LogP contribution in [0.2, 0.25) is 0 Å². The second-order valence-corrected chi connectivity index (χ2v) is 17.0. The van der Waals surface area contributed by atoms with Crippen LogP contribution in [0.15, 0.2) is 208 Å². The number of para-hydroxylation sites is 2. The molecule has 12 aromatic rings. The van der Waals surface area contributed by atoms with Gasteiger partial charge in [0.1, 0.15) is 24.3 Å². The van der Waals surface area contributed by atoms with Gasteiger partial charge in [-0.15, -0.1) is 0 Å². The first-order valence-electron chi connectivity index (χ1n) is 19.6. The topological polar surface area (TPSA) is 66.8 Å². The van der Waals surface area contributed by atoms with E-state index in [0.29, 0.717) is 0 Å². The molecule has 0 aliphatic rings. The van der Waals surface area contributed by atoms with Crippen LogP contribution in [0.1, 0.15) is 0 Å². The summed E-state index contributed by atoms with van der Waals surface area (Å²) in [6.07, 6.45) is 6.60. The molecule has 0 aliphatic heterocycles. The Morgan fingerprint density at radius 3 is 1.33 bits per heavy atom. The summed E-state index contributed by atoms with van der Waals surface area (Å²) in [7, 11) is 0. The Labute approximate surface area is 377 Å². The SMILES string of the molecule is Brc1ccc2ccc3c(Br)ccc4ccc1c2c43.Brc1ccc2ccc3c(N(c4ccccc4)c4ccncn4)ccc4ccc1c2c43.c1ccc(Nc2ccncn2)cc1. The van der Waals surface area contributed by atoms with Gasteiger partial charge in [0.2, 0.25) is 0 Å². The van der Waals surface area contributed by atoms with E-state index in [-0.39, 0.29) is 0 Å². The van der Waals surface area contributed by atoms with Crippen LogP contribution >= 0.6 is 47.8 Å². The van der Waals surface area contributed by atoms with Crippen LogP contribution in [0.5, 0.6) is 0 Å². The lowest BCUT2D eigenvalue weighted by atomic mass is 9.93. The summed E-state index contributed by atoms with van der Waals surface area (Å²) in [4.78, 5) is 18.8. The number of aromatic nitrogens is 4. The fraction of sp³-hybridized carbons (Fsp3) is 0. The van der Waals surface area contributed by atoms with E-state index >= 15 is 0 Å². The minimum absolute atomic E-state index is 0.807. The first kappa shape index (κ1) is 38.7. The molecule has 0 saturated heterocycles. The molecule has 0 radical (unpaired) electrons. The number of benzene rings is 10. The van der Waals surface area contributed by atoms with Gasteiger partial charge in [-0.05, 0) is 120 Å². The molecule has 9 heteroatoms. The molecule has 2 heterocycles. The predicted molar refractivity (Wildman–Crippen MR) is 265 cm³/mol. The van der Waals surface area contributed by atoms with Crippen LogP contribution in [-0.2, 0) is 0 Å². The predicted octanol–water partition coefficient (Wildman–Crippen LogP) is 15.9. The van der Waals surface area contributed by atoms with Crippen molar-refractivity contribution in [2.75, 3.05) is 10.2 Å². The highest BCUT2D eigenvalue weighted by Crippen LogP contribution is 2.44. The van der Waals surface area contributed by atoms with E-state index in [2.05, 4.69) is 199 Å². The first-order valence-corrected chi connectivity index (χ1v) is 22.0. The van der Waals surface area contributed by atoms with Gasteiger partial charge in [0, 0.05) is 42.6 Å². The van der Waals surface area contributed by atoms with Crippen LogP contribution in [-0.4, -0.2) is 19.9 Å². The largest absolute Gasteiger partial charge is 0.340 e. The zero-order valence-corrected chi connectivity index (χ0v) is 37.1. The molecule has 12 rings (SSSR count). The standard InChI is InChI=1S/C26H16BrN3.C16H8Br2.C10H9N3/c27-22-12-8-17-7-11-21-23(13-9-18-6-10-20(22)25(17)26(18)21)30(19-4-2-1-3-5-19)24-14-15-28-16-29-24;17-13-8-4-10-2-6-12-14(18)7-3-9-1-5-11(13)16(10)15(9)12;1-2-4-9(5-3-1)13-10-6-7-11-8-12-10/h1-16H;1-8H;1-8H,(H,11,12,13). The monoisotopic (exact) mass is 978 g/mol. The van der Waals surface area contributed by atoms with Crippen molar-refractivity contribution >= 4 is 141 Å². The fourth-order valence-electron chi connectivity index (χ4n) is 8.10. The van der Waals surface area contributed by atoms with E-state index in [4.69, 9.17) is 0 Å².